The summed E-state index contributed by atoms with van der Waals surface area (Å²) < 4.78 is 8.05. The van der Waals surface area contributed by atoms with Crippen molar-refractivity contribution < 1.29 is 4.74 Å². The van der Waals surface area contributed by atoms with Gasteiger partial charge in [-0.1, -0.05) is 72.8 Å². The molecule has 182 valence electrons. The fraction of sp³-hybridized carbons (Fsp3) is 0.185. The van der Waals surface area contributed by atoms with Crippen molar-refractivity contribution in [1.82, 2.24) is 24.7 Å². The van der Waals surface area contributed by atoms with E-state index in [0.29, 0.717) is 45.0 Å². The second-order valence-electron chi connectivity index (χ2n) is 8.22. The maximum Gasteiger partial charge on any atom is 0.258 e. The Morgan fingerprint density at radius 2 is 1.81 bits per heavy atom. The number of aromatic amines is 1. The first-order valence-electron chi connectivity index (χ1n) is 11.6. The summed E-state index contributed by atoms with van der Waals surface area (Å²) >= 11 is 7.55. The maximum atomic E-state index is 12.5. The molecule has 36 heavy (non-hydrogen) atoms. The third-order valence-electron chi connectivity index (χ3n) is 5.73. The van der Waals surface area contributed by atoms with Crippen LogP contribution >= 0.6 is 23.4 Å². The van der Waals surface area contributed by atoms with Crippen LogP contribution in [0.25, 0.3) is 10.9 Å². The van der Waals surface area contributed by atoms with Gasteiger partial charge in [-0.25, -0.2) is 4.98 Å². The molecule has 0 aliphatic heterocycles. The number of halogens is 1. The fourth-order valence-corrected chi connectivity index (χ4v) is 4.78. The van der Waals surface area contributed by atoms with Crippen molar-refractivity contribution in [2.24, 2.45) is 0 Å². The molecule has 0 amide bonds. The van der Waals surface area contributed by atoms with Crippen LogP contribution in [0, 0.1) is 0 Å². The van der Waals surface area contributed by atoms with E-state index in [1.54, 1.807) is 18.2 Å². The molecule has 5 rings (SSSR count). The highest BCUT2D eigenvalue weighted by molar-refractivity contribution is 7.98. The van der Waals surface area contributed by atoms with E-state index in [9.17, 15) is 4.79 Å². The van der Waals surface area contributed by atoms with Gasteiger partial charge in [-0.2, -0.15) is 0 Å². The van der Waals surface area contributed by atoms with E-state index in [2.05, 4.69) is 51.4 Å². The number of benzene rings is 3. The van der Waals surface area contributed by atoms with Crippen molar-refractivity contribution >= 4 is 34.3 Å². The Balaban J connectivity index is 1.38. The molecule has 1 N–H and O–H groups in total. The summed E-state index contributed by atoms with van der Waals surface area (Å²) in [4.78, 5) is 19.9. The zero-order valence-electron chi connectivity index (χ0n) is 19.6. The van der Waals surface area contributed by atoms with Gasteiger partial charge in [-0.05, 0) is 47.9 Å². The number of thioether (sulfide) groups is 1. The van der Waals surface area contributed by atoms with Gasteiger partial charge in [-0.15, -0.1) is 10.2 Å². The van der Waals surface area contributed by atoms with Crippen molar-refractivity contribution in [3.63, 3.8) is 0 Å². The summed E-state index contributed by atoms with van der Waals surface area (Å²) in [6.45, 7) is 3.01. The molecule has 0 radical (unpaired) electrons. The van der Waals surface area contributed by atoms with E-state index in [0.717, 1.165) is 17.7 Å². The molecular weight excluding hydrogens is 494 g/mol. The molecule has 0 saturated carbocycles. The number of rotatable bonds is 9. The minimum atomic E-state index is -0.193. The Kier molecular flexibility index (Phi) is 7.34. The highest BCUT2D eigenvalue weighted by Gasteiger charge is 2.15. The molecule has 2 heterocycles. The molecule has 0 atom stereocenters. The molecule has 3 aromatic carbocycles. The van der Waals surface area contributed by atoms with E-state index in [1.807, 2.05) is 34.9 Å². The van der Waals surface area contributed by atoms with Crippen LogP contribution in [0.3, 0.4) is 0 Å². The number of nitrogens with one attached hydrogen (secondary N) is 1. The van der Waals surface area contributed by atoms with Crippen molar-refractivity contribution in [3.8, 4) is 5.75 Å². The minimum Gasteiger partial charge on any atom is -0.486 e. The van der Waals surface area contributed by atoms with Gasteiger partial charge < -0.3 is 9.72 Å². The first-order chi connectivity index (χ1) is 17.6. The summed E-state index contributed by atoms with van der Waals surface area (Å²) in [5, 5.41) is 10.6. The van der Waals surface area contributed by atoms with Crippen molar-refractivity contribution in [3.05, 3.63) is 111 Å². The Bertz CT molecular complexity index is 1530. The van der Waals surface area contributed by atoms with E-state index < -0.39 is 0 Å². The number of nitrogens with zero attached hydrogens (tertiary/aromatic N) is 4. The summed E-state index contributed by atoms with van der Waals surface area (Å²) in [5.74, 6) is 2.46. The smallest absolute Gasteiger partial charge is 0.258 e. The fourth-order valence-electron chi connectivity index (χ4n) is 3.79. The molecule has 0 aliphatic carbocycles. The average Bonchev–Trinajstić information content (AvgIpc) is 3.28. The third kappa shape index (κ3) is 5.61. The quantitative estimate of drug-likeness (QED) is 0.254. The van der Waals surface area contributed by atoms with Gasteiger partial charge in [0, 0.05) is 5.02 Å². The van der Waals surface area contributed by atoms with Crippen molar-refractivity contribution in [2.45, 2.75) is 37.4 Å². The lowest BCUT2D eigenvalue weighted by atomic mass is 10.2. The topological polar surface area (TPSA) is 85.7 Å². The Morgan fingerprint density at radius 3 is 2.58 bits per heavy atom. The molecule has 9 heteroatoms. The zero-order valence-corrected chi connectivity index (χ0v) is 21.2. The van der Waals surface area contributed by atoms with Crippen LogP contribution in [-0.2, 0) is 25.3 Å². The number of hydrogen-bond donors (Lipinski definition) is 1. The minimum absolute atomic E-state index is 0.193. The van der Waals surface area contributed by atoms with Gasteiger partial charge in [0.15, 0.2) is 11.0 Å². The van der Waals surface area contributed by atoms with E-state index in [1.165, 1.54) is 17.3 Å². The lowest BCUT2D eigenvalue weighted by Gasteiger charge is -2.11. The molecular formula is C27H24ClN5O2S. The lowest BCUT2D eigenvalue weighted by molar-refractivity contribution is 0.289. The number of H-pyrrole nitrogens is 1. The van der Waals surface area contributed by atoms with Crippen LogP contribution < -0.4 is 10.3 Å². The summed E-state index contributed by atoms with van der Waals surface area (Å²) in [5.41, 5.74) is 2.76. The Labute approximate surface area is 217 Å². The third-order valence-corrected chi connectivity index (χ3v) is 6.95. The van der Waals surface area contributed by atoms with Gasteiger partial charge in [0.25, 0.3) is 5.56 Å². The van der Waals surface area contributed by atoms with Crippen LogP contribution in [0.2, 0.25) is 5.02 Å². The second kappa shape index (κ2) is 11.0. The molecule has 0 aliphatic rings. The van der Waals surface area contributed by atoms with E-state index in [-0.39, 0.29) is 12.2 Å². The largest absolute Gasteiger partial charge is 0.486 e. The molecule has 0 saturated heterocycles. The number of ether oxygens (including phenoxy) is 1. The number of fused-ring (bicyclic) bond motifs is 1. The van der Waals surface area contributed by atoms with Gasteiger partial charge >= 0.3 is 0 Å². The van der Waals surface area contributed by atoms with Gasteiger partial charge in [0.2, 0.25) is 0 Å². The first kappa shape index (κ1) is 24.1. The van der Waals surface area contributed by atoms with Crippen molar-refractivity contribution in [1.29, 1.82) is 0 Å². The summed E-state index contributed by atoms with van der Waals surface area (Å²) in [6.07, 6.45) is 0.983. The average molecular weight is 518 g/mol. The molecule has 0 fully saturated rings. The lowest BCUT2D eigenvalue weighted by Crippen LogP contribution is -2.12. The second-order valence-corrected chi connectivity index (χ2v) is 9.60. The zero-order chi connectivity index (χ0) is 24.9. The van der Waals surface area contributed by atoms with Crippen LogP contribution in [0.5, 0.6) is 5.75 Å². The Hall–Kier alpha value is -3.62. The summed E-state index contributed by atoms with van der Waals surface area (Å²) in [6, 6.07) is 23.3. The SMILES string of the molecule is CCc1ccc(OCc2nnc(SCc3nc4cc(Cl)ccc4c(=O)[nH]3)n2Cc2ccccc2)cc1. The van der Waals surface area contributed by atoms with Crippen LogP contribution in [0.1, 0.15) is 29.7 Å². The standard InChI is InChI=1S/C27H24ClN5O2S/c1-2-18-8-11-21(12-9-18)35-16-25-31-32-27(33(25)15-19-6-4-3-5-7-19)36-17-24-29-23-14-20(28)10-13-22(23)26(34)30-24/h3-14H,2,15-17H2,1H3,(H,29,30,34). The number of aromatic nitrogens is 5. The monoisotopic (exact) mass is 517 g/mol. The predicted molar refractivity (Wildman–Crippen MR) is 143 cm³/mol. The number of aryl methyl sites for hydroxylation is 1. The molecule has 7 nitrogen and oxygen atoms in total. The molecule has 0 bridgehead atoms. The first-order valence-corrected chi connectivity index (χ1v) is 12.9. The van der Waals surface area contributed by atoms with Gasteiger partial charge in [-0.3, -0.25) is 9.36 Å². The number of hydrogen-bond acceptors (Lipinski definition) is 6. The van der Waals surface area contributed by atoms with Crippen LogP contribution in [-0.4, -0.2) is 24.7 Å². The molecule has 2 aromatic heterocycles. The van der Waals surface area contributed by atoms with Crippen LogP contribution in [0.15, 0.2) is 82.7 Å². The maximum absolute atomic E-state index is 12.5. The van der Waals surface area contributed by atoms with Gasteiger partial charge in [0.1, 0.15) is 18.2 Å². The Morgan fingerprint density at radius 1 is 1.00 bits per heavy atom. The van der Waals surface area contributed by atoms with Crippen molar-refractivity contribution in [2.75, 3.05) is 0 Å². The predicted octanol–water partition coefficient (Wildman–Crippen LogP) is 5.65. The molecule has 5 aromatic rings. The van der Waals surface area contributed by atoms with E-state index >= 15 is 0 Å². The highest BCUT2D eigenvalue weighted by Crippen LogP contribution is 2.24. The highest BCUT2D eigenvalue weighted by atomic mass is 35.5. The molecule has 0 spiro atoms. The van der Waals surface area contributed by atoms with Crippen LogP contribution in [0.4, 0.5) is 0 Å². The van der Waals surface area contributed by atoms with Gasteiger partial charge in [0.05, 0.1) is 23.2 Å². The summed E-state index contributed by atoms with van der Waals surface area (Å²) in [7, 11) is 0. The van der Waals surface area contributed by atoms with E-state index in [4.69, 9.17) is 16.3 Å². The normalized spacial score (nSPS) is 11.2. The molecule has 0 unspecified atom stereocenters.